The number of piperazine rings is 1. The number of hydrogen-bond donors (Lipinski definition) is 2. The number of ether oxygens (including phenoxy) is 1. The van der Waals surface area contributed by atoms with Gasteiger partial charge in [0.2, 0.25) is 6.43 Å². The number of morpholine rings is 1. The number of amides is 1. The van der Waals surface area contributed by atoms with E-state index in [0.717, 1.165) is 72.0 Å². The summed E-state index contributed by atoms with van der Waals surface area (Å²) in [5, 5.41) is 5.09. The highest BCUT2D eigenvalue weighted by Gasteiger charge is 2.73. The van der Waals surface area contributed by atoms with Gasteiger partial charge in [0.1, 0.15) is 4.90 Å². The van der Waals surface area contributed by atoms with Crippen LogP contribution in [0.1, 0.15) is 89.9 Å². The number of nitrogens with one attached hydrogen (secondary N) is 2. The van der Waals surface area contributed by atoms with Crippen LogP contribution in [0.4, 0.5) is 33.3 Å². The van der Waals surface area contributed by atoms with Gasteiger partial charge in [-0.3, -0.25) is 14.6 Å². The monoisotopic (exact) mass is 1250 g/mol. The van der Waals surface area contributed by atoms with Crippen molar-refractivity contribution in [1.29, 1.82) is 0 Å². The van der Waals surface area contributed by atoms with Crippen molar-refractivity contribution in [3.8, 4) is 0 Å². The van der Waals surface area contributed by atoms with Gasteiger partial charge >= 0.3 is 5.51 Å². The van der Waals surface area contributed by atoms with E-state index in [-0.39, 0.29) is 27.5 Å². The Morgan fingerprint density at radius 2 is 1.41 bits per heavy atom. The van der Waals surface area contributed by atoms with Crippen LogP contribution < -0.4 is 25.3 Å². The van der Waals surface area contributed by atoms with Crippen LogP contribution in [-0.2, 0) is 29.0 Å². The highest BCUT2D eigenvalue weighted by atomic mass is 32.2. The van der Waals surface area contributed by atoms with Crippen LogP contribution in [0.3, 0.4) is 0 Å². The van der Waals surface area contributed by atoms with Gasteiger partial charge in [-0.25, -0.2) is 30.3 Å². The third kappa shape index (κ3) is 13.5. The number of alkyl halides is 5. The molecule has 0 radical (unpaired) electrons. The Labute approximate surface area is 503 Å². The SMILES string of the molecule is CC1(C)CCC(CN2CCN(c3ccc(C(=O)NS(=O)(=O)c4ccc(N[C@H](CCN5CCO[C@H](CO[Si](c6ccccc6)(c6ccccc6)C(C)(C)C)C5)CSc5ccccc5)c(S(=O)(=O)C(F)(F)F)c4)cc3)CC2)=C(C23CC(C(F)F)(C2)C3)C1. The molecule has 6 aliphatic rings. The highest BCUT2D eigenvalue weighted by molar-refractivity contribution is 7.99. The molecular weight excluding hydrogens is 1170 g/mol. The summed E-state index contributed by atoms with van der Waals surface area (Å²) in [6.07, 6.45) is 2.55. The summed E-state index contributed by atoms with van der Waals surface area (Å²) in [5.74, 6) is -0.751. The number of anilines is 2. The minimum absolute atomic E-state index is 0.0357. The number of carbonyl (C=O) groups is 1. The number of thioether (sulfide) groups is 1. The second-order valence-electron chi connectivity index (χ2n) is 25.8. The number of benzene rings is 5. The lowest BCUT2D eigenvalue weighted by molar-refractivity contribution is -0.250. The van der Waals surface area contributed by atoms with Crippen LogP contribution >= 0.6 is 11.8 Å². The molecule has 2 heterocycles. The zero-order chi connectivity index (χ0) is 60.6. The van der Waals surface area contributed by atoms with Crippen molar-refractivity contribution in [1.82, 2.24) is 14.5 Å². The molecule has 21 heteroatoms. The quantitative estimate of drug-likeness (QED) is 0.0295. The van der Waals surface area contributed by atoms with Crippen LogP contribution in [0, 0.1) is 16.2 Å². The van der Waals surface area contributed by atoms with Gasteiger partial charge in [-0.05, 0) is 126 Å². The molecule has 1 amide bonds. The predicted octanol–water partition coefficient (Wildman–Crippen LogP) is 11.4. The summed E-state index contributed by atoms with van der Waals surface area (Å²) in [6, 6.07) is 38.1. The molecule has 2 saturated heterocycles. The van der Waals surface area contributed by atoms with Gasteiger partial charge in [-0.2, -0.15) is 13.2 Å². The topological polar surface area (TPSA) is 138 Å². The van der Waals surface area contributed by atoms with E-state index in [1.54, 1.807) is 12.1 Å². The summed E-state index contributed by atoms with van der Waals surface area (Å²) in [4.78, 5) is 19.1. The number of hydrogen-bond acceptors (Lipinski definition) is 12. The standard InChI is InChI=1S/C64H78F5N5O7S3Si/c1-60(2,3)85(53-17-11-7-12-18-53,54-19-13-8-14-20-54)81-41-50-40-72(35-36-80-50)30-28-48(42-82-51-15-9-6-10-16-51)70-56-26-25-52(37-57(56)83(76,77)64(67,68)69)84(78,79)71-58(75)46-21-23-49(24-22-46)74-33-31-73(32-34-74)39-47-27-29-61(4,5)38-55(47)62-43-63(44-62,45-62)59(65)66/h6-26,37,48,50,59,70H,27-36,38-45H2,1-5H3,(H,71,75)/t48-,50+,62?,63?/m1/s1. The molecular formula is C64H78F5N5O7S3Si. The van der Waals surface area contributed by atoms with Gasteiger partial charge in [0, 0.05) is 85.7 Å². The molecule has 2 N–H and O–H groups in total. The van der Waals surface area contributed by atoms with Gasteiger partial charge in [-0.1, -0.05) is 125 Å². The van der Waals surface area contributed by atoms with E-state index >= 15 is 0 Å². The Morgan fingerprint density at radius 3 is 2.00 bits per heavy atom. The molecule has 3 saturated carbocycles. The van der Waals surface area contributed by atoms with E-state index in [4.69, 9.17) is 9.16 Å². The van der Waals surface area contributed by atoms with Crippen LogP contribution in [0.5, 0.6) is 0 Å². The van der Waals surface area contributed by atoms with Crippen molar-refractivity contribution in [2.45, 2.75) is 123 Å². The lowest BCUT2D eigenvalue weighted by Crippen LogP contribution is -2.67. The number of sulfone groups is 1. The van der Waals surface area contributed by atoms with Gasteiger partial charge in [0.25, 0.3) is 34.1 Å². The fourth-order valence-corrected chi connectivity index (χ4v) is 21.3. The average molecular weight is 1250 g/mol. The Bertz CT molecular complexity index is 3360. The molecule has 2 atom stereocenters. The van der Waals surface area contributed by atoms with E-state index < -0.39 is 73.0 Å². The van der Waals surface area contributed by atoms with Crippen LogP contribution in [-0.4, -0.2) is 136 Å². The highest BCUT2D eigenvalue weighted by Crippen LogP contribution is 2.79. The van der Waals surface area contributed by atoms with Crippen LogP contribution in [0.2, 0.25) is 5.04 Å². The van der Waals surface area contributed by atoms with Crippen molar-refractivity contribution in [3.05, 3.63) is 150 Å². The summed E-state index contributed by atoms with van der Waals surface area (Å²) in [7, 11) is -14.0. The van der Waals surface area contributed by atoms with E-state index in [0.29, 0.717) is 83.4 Å². The maximum atomic E-state index is 14.6. The van der Waals surface area contributed by atoms with E-state index in [9.17, 15) is 43.6 Å². The zero-order valence-corrected chi connectivity index (χ0v) is 52.4. The lowest BCUT2D eigenvalue weighted by Gasteiger charge is -2.72. The smallest absolute Gasteiger partial charge is 0.405 e. The molecule has 12 nitrogen and oxygen atoms in total. The fourth-order valence-electron chi connectivity index (χ4n) is 13.7. The molecule has 2 aliphatic heterocycles. The molecule has 0 spiro atoms. The van der Waals surface area contributed by atoms with Crippen molar-refractivity contribution in [2.75, 3.05) is 81.5 Å². The average Bonchev–Trinajstić information content (AvgIpc) is 0.837. The summed E-state index contributed by atoms with van der Waals surface area (Å²) >= 11 is 1.44. The predicted molar refractivity (Wildman–Crippen MR) is 328 cm³/mol. The first-order valence-corrected chi connectivity index (χ1v) is 35.2. The van der Waals surface area contributed by atoms with E-state index in [1.165, 1.54) is 35.0 Å². The number of halogens is 5. The molecule has 11 rings (SSSR count). The Balaban J connectivity index is 0.798. The summed E-state index contributed by atoms with van der Waals surface area (Å²) in [6.45, 7) is 17.1. The van der Waals surface area contributed by atoms with Crippen molar-refractivity contribution < 1.29 is 52.7 Å². The number of carbonyl (C=O) groups excluding carboxylic acids is 1. The molecule has 5 aromatic carbocycles. The molecule has 85 heavy (non-hydrogen) atoms. The first kappa shape index (κ1) is 62.9. The number of rotatable bonds is 22. The molecule has 458 valence electrons. The normalized spacial score (nSPS) is 22.8. The zero-order valence-electron chi connectivity index (χ0n) is 49.0. The Kier molecular flexibility index (Phi) is 18.4. The Morgan fingerprint density at radius 1 is 0.800 bits per heavy atom. The number of nitrogens with zero attached hydrogens (tertiary/aromatic N) is 3. The van der Waals surface area contributed by atoms with Gasteiger partial charge < -0.3 is 19.4 Å². The van der Waals surface area contributed by atoms with Gasteiger partial charge in [0.15, 0.2) is 0 Å². The molecule has 5 aromatic rings. The lowest BCUT2D eigenvalue weighted by atomic mass is 9.32. The second-order valence-corrected chi connectivity index (χ2v) is 34.8. The van der Waals surface area contributed by atoms with Crippen LogP contribution in [0.25, 0.3) is 0 Å². The maximum Gasteiger partial charge on any atom is 0.501 e. The molecule has 2 bridgehead atoms. The molecule has 4 aliphatic carbocycles. The van der Waals surface area contributed by atoms with Crippen molar-refractivity contribution in [3.63, 3.8) is 0 Å². The first-order valence-electron chi connectivity index (χ1n) is 29.3. The maximum absolute atomic E-state index is 14.6. The minimum Gasteiger partial charge on any atom is -0.405 e. The first-order chi connectivity index (χ1) is 40.2. The number of sulfonamides is 1. The second kappa shape index (κ2) is 24.8. The van der Waals surface area contributed by atoms with E-state index in [1.807, 2.05) is 71.5 Å². The Hall–Kier alpha value is -5.13. The molecule has 5 fully saturated rings. The fraction of sp³-hybridized carbons (Fsp3) is 0.484. The largest absolute Gasteiger partial charge is 0.501 e. The molecule has 0 aromatic heterocycles. The summed E-state index contributed by atoms with van der Waals surface area (Å²) in [5.41, 5.74) is -3.34. The third-order valence-electron chi connectivity index (χ3n) is 18.2. The minimum atomic E-state index is -6.15. The van der Waals surface area contributed by atoms with Crippen molar-refractivity contribution in [2.24, 2.45) is 16.2 Å². The van der Waals surface area contributed by atoms with Gasteiger partial charge in [0.05, 0.1) is 29.9 Å². The third-order valence-corrected chi connectivity index (χ3v) is 27.2. The van der Waals surface area contributed by atoms with E-state index in [2.05, 4.69) is 78.9 Å². The molecule has 0 unspecified atom stereocenters. The van der Waals surface area contributed by atoms with Crippen molar-refractivity contribution >= 4 is 67.6 Å². The van der Waals surface area contributed by atoms with Gasteiger partial charge in [-0.15, -0.1) is 11.8 Å². The summed E-state index contributed by atoms with van der Waals surface area (Å²) < 4.78 is 142. The van der Waals surface area contributed by atoms with Crippen LogP contribution in [0.15, 0.2) is 159 Å². The number of allylic oxidation sites excluding steroid dienone is 1.